The van der Waals surface area contributed by atoms with Crippen molar-refractivity contribution in [1.82, 2.24) is 19.6 Å². The van der Waals surface area contributed by atoms with E-state index in [-0.39, 0.29) is 30.8 Å². The Morgan fingerprint density at radius 2 is 1.17 bits per heavy atom. The number of hydrogen-bond acceptors (Lipinski definition) is 10. The van der Waals surface area contributed by atoms with Crippen molar-refractivity contribution in [3.8, 4) is 11.8 Å². The molecule has 0 radical (unpaired) electrons. The number of nitrogens with zero attached hydrogens (tertiary/aromatic N) is 4. The van der Waals surface area contributed by atoms with Gasteiger partial charge >= 0.3 is 12.2 Å². The van der Waals surface area contributed by atoms with Gasteiger partial charge < -0.3 is 24.1 Å². The van der Waals surface area contributed by atoms with Gasteiger partial charge in [-0.2, -0.15) is 9.36 Å². The summed E-state index contributed by atoms with van der Waals surface area (Å²) in [5, 5.41) is 18.5. The van der Waals surface area contributed by atoms with Crippen LogP contribution < -0.4 is 9.47 Å². The minimum absolute atomic E-state index is 0.0412. The molecule has 8 rings (SSSR count). The zero-order chi connectivity index (χ0) is 32.9. The quantitative estimate of drug-likeness (QED) is 0.399. The molecule has 2 heterocycles. The number of aromatic nitrogens is 4. The van der Waals surface area contributed by atoms with Crippen molar-refractivity contribution in [2.75, 3.05) is 13.2 Å². The SMILES string of the molecule is CC(C)(C)OC(=O)n1ccc(OCC(=O)C2C3(CC3)C23CC3)n1.CC(C)(C)OC(=O)n1ccc(OCC(O)C2C3(CC3)C23CC3)n1. The molecule has 2 aromatic heterocycles. The molecule has 2 aromatic rings. The molecule has 46 heavy (non-hydrogen) atoms. The van der Waals surface area contributed by atoms with Gasteiger partial charge in [-0.25, -0.2) is 9.59 Å². The average molecular weight is 639 g/mol. The summed E-state index contributed by atoms with van der Waals surface area (Å²) in [6.45, 7) is 11.1. The zero-order valence-electron chi connectivity index (χ0n) is 27.7. The molecule has 1 unspecified atom stereocenters. The number of ketones is 1. The molecule has 1 atom stereocenters. The molecule has 6 aliphatic rings. The van der Waals surface area contributed by atoms with Crippen molar-refractivity contribution in [2.24, 2.45) is 33.5 Å². The fraction of sp³-hybridized carbons (Fsp3) is 0.735. The Hall–Kier alpha value is -3.41. The Morgan fingerprint density at radius 1 is 0.761 bits per heavy atom. The first-order chi connectivity index (χ1) is 21.5. The molecule has 0 bridgehead atoms. The summed E-state index contributed by atoms with van der Waals surface area (Å²) < 4.78 is 23.7. The topological polar surface area (TPSA) is 144 Å². The third-order valence-electron chi connectivity index (χ3n) is 11.0. The number of fused-ring (bicyclic) bond motifs is 2. The van der Waals surface area contributed by atoms with Crippen LogP contribution in [0.1, 0.15) is 92.9 Å². The van der Waals surface area contributed by atoms with Crippen molar-refractivity contribution < 1.29 is 38.4 Å². The molecule has 6 aliphatic carbocycles. The summed E-state index contributed by atoms with van der Waals surface area (Å²) in [7, 11) is 0. The van der Waals surface area contributed by atoms with Crippen molar-refractivity contribution >= 4 is 18.0 Å². The van der Waals surface area contributed by atoms with E-state index < -0.39 is 29.5 Å². The minimum atomic E-state index is -0.580. The monoisotopic (exact) mass is 638 g/mol. The van der Waals surface area contributed by atoms with Crippen LogP contribution >= 0.6 is 0 Å². The van der Waals surface area contributed by atoms with Gasteiger partial charge in [0.15, 0.2) is 5.78 Å². The Kier molecular flexibility index (Phi) is 6.81. The lowest BCUT2D eigenvalue weighted by atomic mass is 10.2. The Balaban J connectivity index is 0.000000147. The fourth-order valence-electron chi connectivity index (χ4n) is 8.68. The molecule has 0 saturated heterocycles. The van der Waals surface area contributed by atoms with E-state index in [0.717, 1.165) is 9.36 Å². The Labute approximate surface area is 269 Å². The molecule has 12 nitrogen and oxygen atoms in total. The van der Waals surface area contributed by atoms with Crippen LogP contribution in [0.4, 0.5) is 9.59 Å². The van der Waals surface area contributed by atoms with Crippen LogP contribution in [0.2, 0.25) is 0 Å². The number of aliphatic hydroxyl groups excluding tert-OH is 1. The Bertz CT molecular complexity index is 1510. The maximum Gasteiger partial charge on any atom is 0.435 e. The van der Waals surface area contributed by atoms with Gasteiger partial charge in [-0.3, -0.25) is 4.79 Å². The van der Waals surface area contributed by atoms with Crippen LogP contribution in [0.15, 0.2) is 24.5 Å². The van der Waals surface area contributed by atoms with Crippen LogP contribution in [0.25, 0.3) is 0 Å². The minimum Gasteiger partial charge on any atom is -0.474 e. The maximum atomic E-state index is 12.4. The van der Waals surface area contributed by atoms with Gasteiger partial charge in [-0.05, 0) is 115 Å². The number of rotatable bonds is 8. The van der Waals surface area contributed by atoms with Gasteiger partial charge in [0.25, 0.3) is 0 Å². The number of carbonyl (C=O) groups excluding carboxylic acids is 3. The number of hydrogen-bond donors (Lipinski definition) is 1. The lowest BCUT2D eigenvalue weighted by Gasteiger charge is -2.18. The van der Waals surface area contributed by atoms with E-state index in [1.54, 1.807) is 53.7 Å². The van der Waals surface area contributed by atoms with Crippen molar-refractivity contribution in [3.63, 3.8) is 0 Å². The summed E-state index contributed by atoms with van der Waals surface area (Å²) >= 11 is 0. The van der Waals surface area contributed by atoms with Gasteiger partial charge in [0.2, 0.25) is 11.8 Å². The van der Waals surface area contributed by atoms with Crippen LogP contribution in [0, 0.1) is 33.5 Å². The number of ether oxygens (including phenoxy) is 4. The molecule has 6 saturated carbocycles. The highest BCUT2D eigenvalue weighted by molar-refractivity contribution is 5.89. The van der Waals surface area contributed by atoms with E-state index in [1.807, 2.05) is 0 Å². The normalized spacial score (nSPS) is 23.7. The molecule has 0 aliphatic heterocycles. The molecule has 1 N–H and O–H groups in total. The fourth-order valence-corrected chi connectivity index (χ4v) is 8.68. The number of Topliss-reactive ketones (excluding diaryl/α,β-unsaturated/α-hetero) is 1. The first-order valence-corrected chi connectivity index (χ1v) is 16.6. The third-order valence-corrected chi connectivity index (χ3v) is 11.0. The lowest BCUT2D eigenvalue weighted by molar-refractivity contribution is -0.123. The first kappa shape index (κ1) is 31.2. The van der Waals surface area contributed by atoms with Crippen molar-refractivity contribution in [2.45, 2.75) is 110 Å². The maximum absolute atomic E-state index is 12.4. The second-order valence-corrected chi connectivity index (χ2v) is 16.3. The highest BCUT2D eigenvalue weighted by Gasteiger charge is 2.88. The number of aliphatic hydroxyl groups is 1. The largest absolute Gasteiger partial charge is 0.474 e. The predicted molar refractivity (Wildman–Crippen MR) is 163 cm³/mol. The summed E-state index contributed by atoms with van der Waals surface area (Å²) in [4.78, 5) is 36.1. The molecule has 0 amide bonds. The summed E-state index contributed by atoms with van der Waals surface area (Å²) in [5.74, 6) is 1.42. The van der Waals surface area contributed by atoms with Crippen LogP contribution in [-0.4, -0.2) is 73.2 Å². The van der Waals surface area contributed by atoms with Gasteiger partial charge in [0, 0.05) is 36.4 Å². The highest BCUT2D eigenvalue weighted by Crippen LogP contribution is 2.93. The molecule has 12 heteroatoms. The second kappa shape index (κ2) is 10.0. The zero-order valence-corrected chi connectivity index (χ0v) is 27.7. The smallest absolute Gasteiger partial charge is 0.435 e. The predicted octanol–water partition coefficient (Wildman–Crippen LogP) is 5.40. The van der Waals surface area contributed by atoms with Gasteiger partial charge in [-0.1, -0.05) is 0 Å². The van der Waals surface area contributed by atoms with E-state index in [1.165, 1.54) is 63.8 Å². The summed E-state index contributed by atoms with van der Waals surface area (Å²) in [5.41, 5.74) is 0.455. The Morgan fingerprint density at radius 3 is 1.57 bits per heavy atom. The molecule has 6 fully saturated rings. The summed E-state index contributed by atoms with van der Waals surface area (Å²) in [6, 6.07) is 3.19. The molecule has 4 spiro atoms. The van der Waals surface area contributed by atoms with Gasteiger partial charge in [-0.15, -0.1) is 10.2 Å². The van der Waals surface area contributed by atoms with Crippen LogP contribution in [0.5, 0.6) is 11.8 Å². The highest BCUT2D eigenvalue weighted by atomic mass is 16.6. The standard InChI is InChI=1S/C17H24N2O4.C17H22N2O4/c2*1-15(2,3)23-14(21)19-9-4-12(18-19)22-10-11(20)13-16(5-6-16)17(13)7-8-17/h4,9,11,13,20H,5-8,10H2,1-3H3;4,9,13H,5-8,10H2,1-3H3. The number of carbonyl (C=O) groups is 3. The van der Waals surface area contributed by atoms with Crippen LogP contribution in [-0.2, 0) is 14.3 Å². The van der Waals surface area contributed by atoms with Crippen molar-refractivity contribution in [1.29, 1.82) is 0 Å². The average Bonchev–Trinajstić information content (AvgIpc) is 3.69. The van der Waals surface area contributed by atoms with E-state index in [4.69, 9.17) is 18.9 Å². The lowest BCUT2D eigenvalue weighted by Crippen LogP contribution is -2.27. The van der Waals surface area contributed by atoms with Gasteiger partial charge in [0.05, 0.1) is 6.10 Å². The van der Waals surface area contributed by atoms with Gasteiger partial charge in [0.1, 0.15) is 24.4 Å². The molecule has 250 valence electrons. The second-order valence-electron chi connectivity index (χ2n) is 16.3. The molecule has 0 aromatic carbocycles. The molecular weight excluding hydrogens is 592 g/mol. The third kappa shape index (κ3) is 5.40. The van der Waals surface area contributed by atoms with E-state index in [2.05, 4.69) is 10.2 Å². The first-order valence-electron chi connectivity index (χ1n) is 16.6. The van der Waals surface area contributed by atoms with E-state index in [9.17, 15) is 19.5 Å². The summed E-state index contributed by atoms with van der Waals surface area (Å²) in [6.07, 6.45) is 11.3. The van der Waals surface area contributed by atoms with Crippen LogP contribution in [0.3, 0.4) is 0 Å². The van der Waals surface area contributed by atoms with E-state index >= 15 is 0 Å². The van der Waals surface area contributed by atoms with Crippen molar-refractivity contribution in [3.05, 3.63) is 24.5 Å². The van der Waals surface area contributed by atoms with E-state index in [0.29, 0.717) is 33.5 Å². The molecular formula is C34H46N4O8.